The van der Waals surface area contributed by atoms with Crippen LogP contribution in [0.25, 0.3) is 5.52 Å². The van der Waals surface area contributed by atoms with E-state index in [9.17, 15) is 9.90 Å². The average Bonchev–Trinajstić information content (AvgIpc) is 2.83. The summed E-state index contributed by atoms with van der Waals surface area (Å²) in [6.07, 6.45) is 2.67. The highest BCUT2D eigenvalue weighted by Crippen LogP contribution is 2.15. The number of aliphatic hydroxyl groups is 1. The van der Waals surface area contributed by atoms with Crippen LogP contribution in [0.15, 0.2) is 47.5 Å². The highest BCUT2D eigenvalue weighted by molar-refractivity contribution is 5.44. The molecule has 0 spiro atoms. The lowest BCUT2D eigenvalue weighted by molar-refractivity contribution is 0.155. The lowest BCUT2D eigenvalue weighted by Gasteiger charge is -2.13. The normalized spacial score (nSPS) is 12.7. The van der Waals surface area contributed by atoms with E-state index in [4.69, 9.17) is 0 Å². The Kier molecular flexibility index (Phi) is 3.35. The SMILES string of the molecule is Cc1cccc(C(O)Cn2ccn3nc(C)cc3c2=O)c1. The highest BCUT2D eigenvalue weighted by Gasteiger charge is 2.11. The van der Waals surface area contributed by atoms with Crippen LogP contribution in [0.5, 0.6) is 0 Å². The van der Waals surface area contributed by atoms with Gasteiger partial charge >= 0.3 is 0 Å². The summed E-state index contributed by atoms with van der Waals surface area (Å²) in [5.41, 5.74) is 3.06. The standard InChI is InChI=1S/C16H17N3O2/c1-11-4-3-5-13(8-11)15(20)10-18-6-7-19-14(16(18)21)9-12(2)17-19/h3-9,15,20H,10H2,1-2H3. The van der Waals surface area contributed by atoms with Crippen LogP contribution in [0.2, 0.25) is 0 Å². The molecule has 3 aromatic rings. The zero-order chi connectivity index (χ0) is 15.0. The third kappa shape index (κ3) is 2.60. The molecule has 108 valence electrons. The quantitative estimate of drug-likeness (QED) is 0.798. The first kappa shape index (κ1) is 13.6. The number of rotatable bonds is 3. The summed E-state index contributed by atoms with van der Waals surface area (Å²) in [6, 6.07) is 9.42. The maximum absolute atomic E-state index is 12.4. The zero-order valence-corrected chi connectivity index (χ0v) is 12.0. The molecule has 1 N–H and O–H groups in total. The van der Waals surface area contributed by atoms with Gasteiger partial charge in [-0.2, -0.15) is 5.10 Å². The van der Waals surface area contributed by atoms with Crippen LogP contribution in [-0.4, -0.2) is 19.3 Å². The zero-order valence-electron chi connectivity index (χ0n) is 12.0. The molecular weight excluding hydrogens is 266 g/mol. The molecule has 5 nitrogen and oxygen atoms in total. The molecule has 21 heavy (non-hydrogen) atoms. The maximum atomic E-state index is 12.4. The van der Waals surface area contributed by atoms with E-state index < -0.39 is 6.10 Å². The highest BCUT2D eigenvalue weighted by atomic mass is 16.3. The first-order chi connectivity index (χ1) is 10.0. The summed E-state index contributed by atoms with van der Waals surface area (Å²) in [5, 5.41) is 14.5. The van der Waals surface area contributed by atoms with Crippen molar-refractivity contribution >= 4 is 5.52 Å². The molecule has 2 heterocycles. The lowest BCUT2D eigenvalue weighted by atomic mass is 10.1. The van der Waals surface area contributed by atoms with E-state index in [0.29, 0.717) is 5.52 Å². The van der Waals surface area contributed by atoms with Gasteiger partial charge in [0.15, 0.2) is 0 Å². The second kappa shape index (κ2) is 5.18. The topological polar surface area (TPSA) is 59.5 Å². The van der Waals surface area contributed by atoms with Crippen molar-refractivity contribution in [2.45, 2.75) is 26.5 Å². The Hall–Kier alpha value is -2.40. The Morgan fingerprint density at radius 2 is 2.05 bits per heavy atom. The smallest absolute Gasteiger partial charge is 0.276 e. The molecule has 0 fully saturated rings. The number of nitrogens with zero attached hydrogens (tertiary/aromatic N) is 3. The molecule has 0 aliphatic rings. The van der Waals surface area contributed by atoms with Crippen LogP contribution < -0.4 is 5.56 Å². The minimum absolute atomic E-state index is 0.148. The minimum atomic E-state index is -0.714. The predicted molar refractivity (Wildman–Crippen MR) is 80.3 cm³/mol. The number of fused-ring (bicyclic) bond motifs is 1. The van der Waals surface area contributed by atoms with E-state index in [1.807, 2.05) is 38.1 Å². The van der Waals surface area contributed by atoms with Crippen LogP contribution in [0.3, 0.4) is 0 Å². The second-order valence-corrected chi connectivity index (χ2v) is 5.30. The van der Waals surface area contributed by atoms with E-state index in [2.05, 4.69) is 5.10 Å². The van der Waals surface area contributed by atoms with Crippen LogP contribution in [0.4, 0.5) is 0 Å². The molecule has 3 rings (SSSR count). The second-order valence-electron chi connectivity index (χ2n) is 5.30. The van der Waals surface area contributed by atoms with Gasteiger partial charge < -0.3 is 9.67 Å². The first-order valence-corrected chi connectivity index (χ1v) is 6.84. The van der Waals surface area contributed by atoms with E-state index in [-0.39, 0.29) is 12.1 Å². The molecule has 5 heteroatoms. The van der Waals surface area contributed by atoms with Crippen molar-refractivity contribution in [3.05, 3.63) is 69.9 Å². The number of hydrogen-bond acceptors (Lipinski definition) is 3. The fourth-order valence-electron chi connectivity index (χ4n) is 2.46. The number of benzene rings is 1. The largest absolute Gasteiger partial charge is 0.387 e. The molecule has 0 aliphatic carbocycles. The Morgan fingerprint density at radius 3 is 2.81 bits per heavy atom. The van der Waals surface area contributed by atoms with Gasteiger partial charge in [-0.25, -0.2) is 4.52 Å². The Bertz CT molecular complexity index is 848. The molecule has 0 saturated heterocycles. The lowest BCUT2D eigenvalue weighted by Crippen LogP contribution is -2.24. The molecule has 0 bridgehead atoms. The molecule has 0 amide bonds. The summed E-state index contributed by atoms with van der Waals surface area (Å²) >= 11 is 0. The number of hydrogen-bond donors (Lipinski definition) is 1. The minimum Gasteiger partial charge on any atom is -0.387 e. The van der Waals surface area contributed by atoms with Gasteiger partial charge in [-0.05, 0) is 25.5 Å². The summed E-state index contributed by atoms with van der Waals surface area (Å²) in [7, 11) is 0. The summed E-state index contributed by atoms with van der Waals surface area (Å²) in [5.74, 6) is 0. The van der Waals surface area contributed by atoms with Crippen LogP contribution >= 0.6 is 0 Å². The van der Waals surface area contributed by atoms with Crippen molar-refractivity contribution in [1.82, 2.24) is 14.2 Å². The van der Waals surface area contributed by atoms with Crippen molar-refractivity contribution in [1.29, 1.82) is 0 Å². The Morgan fingerprint density at radius 1 is 1.24 bits per heavy atom. The van der Waals surface area contributed by atoms with Gasteiger partial charge in [0.25, 0.3) is 5.56 Å². The summed E-state index contributed by atoms with van der Waals surface area (Å²) in [6.45, 7) is 4.05. The molecule has 1 atom stereocenters. The Balaban J connectivity index is 1.94. The van der Waals surface area contributed by atoms with Crippen molar-refractivity contribution in [3.63, 3.8) is 0 Å². The molecule has 1 unspecified atom stereocenters. The monoisotopic (exact) mass is 283 g/mol. The van der Waals surface area contributed by atoms with E-state index >= 15 is 0 Å². The first-order valence-electron chi connectivity index (χ1n) is 6.84. The third-order valence-corrected chi connectivity index (χ3v) is 3.52. The average molecular weight is 283 g/mol. The van der Waals surface area contributed by atoms with Crippen LogP contribution in [0, 0.1) is 13.8 Å². The van der Waals surface area contributed by atoms with Crippen molar-refractivity contribution < 1.29 is 5.11 Å². The van der Waals surface area contributed by atoms with Gasteiger partial charge in [-0.1, -0.05) is 29.8 Å². The molecule has 0 radical (unpaired) electrons. The van der Waals surface area contributed by atoms with E-state index in [0.717, 1.165) is 16.8 Å². The number of aromatic nitrogens is 3. The van der Waals surface area contributed by atoms with E-state index in [1.165, 1.54) is 4.57 Å². The van der Waals surface area contributed by atoms with Crippen molar-refractivity contribution in [2.75, 3.05) is 0 Å². The van der Waals surface area contributed by atoms with Gasteiger partial charge in [-0.3, -0.25) is 4.79 Å². The van der Waals surface area contributed by atoms with E-state index in [1.54, 1.807) is 23.0 Å². The maximum Gasteiger partial charge on any atom is 0.276 e. The fraction of sp³-hybridized carbons (Fsp3) is 0.250. The van der Waals surface area contributed by atoms with Gasteiger partial charge in [0.05, 0.1) is 18.3 Å². The summed E-state index contributed by atoms with van der Waals surface area (Å²) < 4.78 is 3.08. The van der Waals surface area contributed by atoms with Crippen molar-refractivity contribution in [3.8, 4) is 0 Å². The fourth-order valence-corrected chi connectivity index (χ4v) is 2.46. The predicted octanol–water partition coefficient (Wildman–Crippen LogP) is 1.85. The van der Waals surface area contributed by atoms with Gasteiger partial charge in [-0.15, -0.1) is 0 Å². The molecule has 0 saturated carbocycles. The third-order valence-electron chi connectivity index (χ3n) is 3.52. The Labute approximate surface area is 122 Å². The molecular formula is C16H17N3O2. The number of aryl methyl sites for hydroxylation is 2. The van der Waals surface area contributed by atoms with Crippen LogP contribution in [0.1, 0.15) is 22.9 Å². The number of aliphatic hydroxyl groups excluding tert-OH is 1. The van der Waals surface area contributed by atoms with Crippen LogP contribution in [-0.2, 0) is 6.54 Å². The molecule has 2 aromatic heterocycles. The van der Waals surface area contributed by atoms with Crippen molar-refractivity contribution in [2.24, 2.45) is 0 Å². The van der Waals surface area contributed by atoms with Gasteiger partial charge in [0.1, 0.15) is 5.52 Å². The summed E-state index contributed by atoms with van der Waals surface area (Å²) in [4.78, 5) is 12.4. The molecule has 1 aromatic carbocycles. The molecule has 0 aliphatic heterocycles. The van der Waals surface area contributed by atoms with Gasteiger partial charge in [0.2, 0.25) is 0 Å². The van der Waals surface area contributed by atoms with Gasteiger partial charge in [0, 0.05) is 12.4 Å².